The molecule has 0 radical (unpaired) electrons. The average molecular weight is 407 g/mol. The molecule has 0 fully saturated rings. The van der Waals surface area contributed by atoms with E-state index in [0.717, 1.165) is 51.4 Å². The van der Waals surface area contributed by atoms with Crippen LogP contribution in [0.5, 0.6) is 0 Å². The summed E-state index contributed by atoms with van der Waals surface area (Å²) in [5.74, 6) is 0.661. The van der Waals surface area contributed by atoms with Crippen LogP contribution in [0.1, 0.15) is 99.8 Å². The number of hydrogen-bond acceptors (Lipinski definition) is 7. The van der Waals surface area contributed by atoms with Gasteiger partial charge in [-0.15, -0.1) is 0 Å². The van der Waals surface area contributed by atoms with Crippen LogP contribution in [0.4, 0.5) is 4.79 Å². The number of hydrogen-bond donors (Lipinski definition) is 0. The highest BCUT2D eigenvalue weighted by Gasteiger charge is 2.34. The van der Waals surface area contributed by atoms with Gasteiger partial charge in [0, 0.05) is 0 Å². The van der Waals surface area contributed by atoms with Crippen molar-refractivity contribution in [3.63, 3.8) is 0 Å². The van der Waals surface area contributed by atoms with E-state index in [1.807, 2.05) is 0 Å². The van der Waals surface area contributed by atoms with Crippen molar-refractivity contribution in [2.45, 2.75) is 106 Å². The minimum Gasteiger partial charge on any atom is -0.226 e. The minimum atomic E-state index is -1.18. The van der Waals surface area contributed by atoms with E-state index in [9.17, 15) is 4.79 Å². The summed E-state index contributed by atoms with van der Waals surface area (Å²) in [6.07, 6.45) is 7.06. The van der Waals surface area contributed by atoms with Gasteiger partial charge in [-0.1, -0.05) is 87.0 Å². The molecule has 0 aliphatic carbocycles. The zero-order valence-corrected chi connectivity index (χ0v) is 19.0. The van der Waals surface area contributed by atoms with Crippen LogP contribution in [0.3, 0.4) is 0 Å². The molecule has 7 nitrogen and oxygen atoms in total. The van der Waals surface area contributed by atoms with Crippen LogP contribution in [0, 0.1) is 17.3 Å². The van der Waals surface area contributed by atoms with Crippen molar-refractivity contribution < 1.29 is 34.4 Å². The molecule has 28 heavy (non-hydrogen) atoms. The summed E-state index contributed by atoms with van der Waals surface area (Å²) in [6, 6.07) is 0. The van der Waals surface area contributed by atoms with Crippen molar-refractivity contribution in [3.8, 4) is 0 Å². The van der Waals surface area contributed by atoms with Crippen molar-refractivity contribution in [2.75, 3.05) is 6.61 Å². The van der Waals surface area contributed by atoms with Crippen LogP contribution in [-0.4, -0.2) is 18.9 Å². The van der Waals surface area contributed by atoms with E-state index in [1.54, 1.807) is 0 Å². The van der Waals surface area contributed by atoms with Gasteiger partial charge in [-0.25, -0.2) is 9.78 Å². The first-order valence-corrected chi connectivity index (χ1v) is 10.8. The Morgan fingerprint density at radius 2 is 1.46 bits per heavy atom. The van der Waals surface area contributed by atoms with E-state index in [2.05, 4.69) is 68.3 Å². The van der Waals surface area contributed by atoms with Crippen molar-refractivity contribution in [3.05, 3.63) is 0 Å². The molecule has 0 heterocycles. The van der Waals surface area contributed by atoms with E-state index >= 15 is 0 Å². The van der Waals surface area contributed by atoms with Gasteiger partial charge in [0.25, 0.3) is 0 Å². The number of carbonyl (C=O) groups excluding carboxylic acids is 1. The Morgan fingerprint density at radius 1 is 0.857 bits per heavy atom. The summed E-state index contributed by atoms with van der Waals surface area (Å²) < 4.78 is 0. The van der Waals surface area contributed by atoms with Crippen LogP contribution in [-0.2, 0) is 29.6 Å². The Hall–Kier alpha value is -0.890. The second-order valence-electron chi connectivity index (χ2n) is 8.45. The largest absolute Gasteiger partial charge is 0.577 e. The Balaban J connectivity index is 4.20. The predicted molar refractivity (Wildman–Crippen MR) is 107 cm³/mol. The molecule has 0 aromatic carbocycles. The lowest BCUT2D eigenvalue weighted by Gasteiger charge is -2.34. The number of rotatable bonds is 16. The number of unbranched alkanes of at least 4 members (excludes halogenated alkanes) is 2. The fraction of sp³-hybridized carbons (Fsp3) is 0.952. The zero-order chi connectivity index (χ0) is 21.4. The first kappa shape index (κ1) is 27.1. The molecule has 0 saturated carbocycles. The topological polar surface area (TPSA) is 72.5 Å². The predicted octanol–water partition coefficient (Wildman–Crippen LogP) is 6.71. The first-order valence-electron chi connectivity index (χ1n) is 10.8. The van der Waals surface area contributed by atoms with Gasteiger partial charge in [-0.05, 0) is 40.2 Å². The van der Waals surface area contributed by atoms with Crippen LogP contribution >= 0.6 is 0 Å². The van der Waals surface area contributed by atoms with Crippen LogP contribution in [0.2, 0.25) is 0 Å². The van der Waals surface area contributed by atoms with E-state index in [-0.39, 0.29) is 11.5 Å². The van der Waals surface area contributed by atoms with Crippen molar-refractivity contribution in [2.24, 2.45) is 17.3 Å². The Bertz CT molecular complexity index is 381. The van der Waals surface area contributed by atoms with Gasteiger partial charge in [0.2, 0.25) is 0 Å². The van der Waals surface area contributed by atoms with Gasteiger partial charge in [0.1, 0.15) is 6.10 Å². The fourth-order valence-electron chi connectivity index (χ4n) is 3.14. The van der Waals surface area contributed by atoms with Gasteiger partial charge < -0.3 is 0 Å². The normalized spacial score (nSPS) is 15.1. The lowest BCUT2D eigenvalue weighted by Crippen LogP contribution is -2.36. The van der Waals surface area contributed by atoms with E-state index in [4.69, 9.17) is 9.78 Å². The van der Waals surface area contributed by atoms with Crippen molar-refractivity contribution in [1.82, 2.24) is 0 Å². The highest BCUT2D eigenvalue weighted by atomic mass is 17.6. The highest BCUT2D eigenvalue weighted by molar-refractivity contribution is 5.57. The molecule has 3 unspecified atom stereocenters. The molecule has 0 spiro atoms. The summed E-state index contributed by atoms with van der Waals surface area (Å²) in [5, 5.41) is 9.13. The van der Waals surface area contributed by atoms with Crippen molar-refractivity contribution >= 4 is 6.16 Å². The molecule has 7 heteroatoms. The Labute approximate surface area is 171 Å². The van der Waals surface area contributed by atoms with Gasteiger partial charge in [0.05, 0.1) is 6.61 Å². The minimum absolute atomic E-state index is 0.172. The monoisotopic (exact) mass is 406 g/mol. The highest BCUT2D eigenvalue weighted by Crippen LogP contribution is 2.33. The third-order valence-corrected chi connectivity index (χ3v) is 4.98. The van der Waals surface area contributed by atoms with Crippen LogP contribution < -0.4 is 0 Å². The van der Waals surface area contributed by atoms with Gasteiger partial charge in [0.15, 0.2) is 0 Å². The van der Waals surface area contributed by atoms with Crippen LogP contribution in [0.25, 0.3) is 0 Å². The molecule has 0 aromatic rings. The Morgan fingerprint density at radius 3 is 2.00 bits per heavy atom. The molecule has 0 N–H and O–H groups in total. The molecule has 0 aliphatic heterocycles. The van der Waals surface area contributed by atoms with Gasteiger partial charge in [-0.3, -0.25) is 0 Å². The SMILES string of the molecule is CCCCC(CC)COOOC(=O)OOOC(C(CC)CCCC)C(C)(C)C. The molecule has 168 valence electrons. The lowest BCUT2D eigenvalue weighted by atomic mass is 9.78. The maximum atomic E-state index is 11.5. The maximum absolute atomic E-state index is 11.5. The third-order valence-electron chi connectivity index (χ3n) is 4.98. The molecule has 0 rings (SSSR count). The zero-order valence-electron chi connectivity index (χ0n) is 19.0. The van der Waals surface area contributed by atoms with Crippen LogP contribution in [0.15, 0.2) is 0 Å². The molecule has 0 bridgehead atoms. The quantitative estimate of drug-likeness (QED) is 0.160. The molecular formula is C21H42O7. The first-order chi connectivity index (χ1) is 13.3. The van der Waals surface area contributed by atoms with Gasteiger partial charge in [-0.2, -0.15) is 14.6 Å². The number of carbonyl (C=O) groups is 1. The summed E-state index contributed by atoms with van der Waals surface area (Å²) >= 11 is 0. The molecule has 3 atom stereocenters. The lowest BCUT2D eigenvalue weighted by molar-refractivity contribution is -0.541. The summed E-state index contributed by atoms with van der Waals surface area (Å²) in [5.41, 5.74) is -0.172. The second-order valence-corrected chi connectivity index (χ2v) is 8.45. The fourth-order valence-corrected chi connectivity index (χ4v) is 3.14. The molecule has 0 aliphatic rings. The maximum Gasteiger partial charge on any atom is 0.577 e. The average Bonchev–Trinajstić information content (AvgIpc) is 2.65. The summed E-state index contributed by atoms with van der Waals surface area (Å²) in [7, 11) is 0. The molecular weight excluding hydrogens is 364 g/mol. The molecule has 0 aromatic heterocycles. The third kappa shape index (κ3) is 12.5. The van der Waals surface area contributed by atoms with E-state index < -0.39 is 6.16 Å². The molecule has 0 amide bonds. The summed E-state index contributed by atoms with van der Waals surface area (Å²) in [6.45, 7) is 15.0. The van der Waals surface area contributed by atoms with Crippen molar-refractivity contribution in [1.29, 1.82) is 0 Å². The molecule has 0 saturated heterocycles. The second kappa shape index (κ2) is 16.0. The van der Waals surface area contributed by atoms with E-state index in [0.29, 0.717) is 18.4 Å². The van der Waals surface area contributed by atoms with E-state index in [1.165, 1.54) is 0 Å². The standard InChI is InChI=1S/C21H42O7/c1-8-12-14-17(10-3)16-23-27-25-20(22)26-28-24-19(21(5,6)7)18(11-4)15-13-9-2/h17-19H,8-16H2,1-7H3. The summed E-state index contributed by atoms with van der Waals surface area (Å²) in [4.78, 5) is 30.7. The smallest absolute Gasteiger partial charge is 0.226 e. The Kier molecular flexibility index (Phi) is 15.5. The van der Waals surface area contributed by atoms with Gasteiger partial charge >= 0.3 is 6.16 Å².